The van der Waals surface area contributed by atoms with E-state index in [9.17, 15) is 14.7 Å². The number of hydrogen-bond acceptors (Lipinski definition) is 5. The minimum absolute atomic E-state index is 0.116. The van der Waals surface area contributed by atoms with Crippen molar-refractivity contribution in [1.29, 1.82) is 0 Å². The molecule has 0 aliphatic rings. The zero-order chi connectivity index (χ0) is 22.7. The van der Waals surface area contributed by atoms with Crippen molar-refractivity contribution in [2.75, 3.05) is 6.61 Å². The lowest BCUT2D eigenvalue weighted by Gasteiger charge is -2.12. The minimum atomic E-state index is -0.465. The van der Waals surface area contributed by atoms with Crippen LogP contribution in [-0.4, -0.2) is 30.4 Å². The van der Waals surface area contributed by atoms with E-state index >= 15 is 0 Å². The van der Waals surface area contributed by atoms with Gasteiger partial charge in [-0.3, -0.25) is 18.5 Å². The van der Waals surface area contributed by atoms with Crippen LogP contribution in [0, 0.1) is 0 Å². The van der Waals surface area contributed by atoms with E-state index in [1.807, 2.05) is 37.3 Å². The molecule has 0 atom stereocenters. The van der Waals surface area contributed by atoms with E-state index in [1.165, 1.54) is 4.57 Å². The molecule has 0 unspecified atom stereocenters. The Kier molecular flexibility index (Phi) is 6.43. The highest BCUT2D eigenvalue weighted by Gasteiger charge is 2.22. The molecule has 9 heteroatoms. The summed E-state index contributed by atoms with van der Waals surface area (Å²) < 4.78 is 10.3. The summed E-state index contributed by atoms with van der Waals surface area (Å²) >= 11 is 6.02. The first kappa shape index (κ1) is 21.9. The van der Waals surface area contributed by atoms with E-state index in [1.54, 1.807) is 28.8 Å². The van der Waals surface area contributed by atoms with Gasteiger partial charge in [0.15, 0.2) is 11.2 Å². The molecule has 0 aliphatic carbocycles. The fraction of sp³-hybridized carbons (Fsp3) is 0.261. The molecular formula is C23H23ClN4O4. The molecule has 0 saturated carbocycles. The first-order valence-electron chi connectivity index (χ1n) is 10.4. The number of imidazole rings is 1. The Morgan fingerprint density at radius 3 is 2.38 bits per heavy atom. The van der Waals surface area contributed by atoms with Gasteiger partial charge in [0.05, 0.1) is 6.54 Å². The smallest absolute Gasteiger partial charge is 0.332 e. The van der Waals surface area contributed by atoms with Gasteiger partial charge in [0.25, 0.3) is 5.56 Å². The Hall–Kier alpha value is -3.36. The van der Waals surface area contributed by atoms with E-state index < -0.39 is 11.2 Å². The summed E-state index contributed by atoms with van der Waals surface area (Å²) in [5.74, 6) is 0.561. The van der Waals surface area contributed by atoms with Gasteiger partial charge in [-0.15, -0.1) is 0 Å². The quantitative estimate of drug-likeness (QED) is 0.441. The van der Waals surface area contributed by atoms with Gasteiger partial charge in [0, 0.05) is 24.7 Å². The van der Waals surface area contributed by atoms with Gasteiger partial charge in [0.1, 0.15) is 5.75 Å². The SMILES string of the molecule is CCn1c(=O)n(CCCO)c(=O)c2c1nc(Oc1ccccc1)n2Cc1ccc(Cl)cc1. The number of fused-ring (bicyclic) bond motifs is 1. The summed E-state index contributed by atoms with van der Waals surface area (Å²) in [6.45, 7) is 2.44. The van der Waals surface area contributed by atoms with Crippen LogP contribution in [0.5, 0.6) is 11.8 Å². The number of halogens is 1. The topological polar surface area (TPSA) is 91.3 Å². The lowest BCUT2D eigenvalue weighted by Crippen LogP contribution is -2.40. The van der Waals surface area contributed by atoms with Gasteiger partial charge in [-0.1, -0.05) is 41.9 Å². The summed E-state index contributed by atoms with van der Waals surface area (Å²) in [5, 5.41) is 9.82. The molecule has 0 saturated heterocycles. The van der Waals surface area contributed by atoms with Crippen LogP contribution in [0.15, 0.2) is 64.2 Å². The summed E-state index contributed by atoms with van der Waals surface area (Å²) in [6, 6.07) is 16.6. The van der Waals surface area contributed by atoms with Gasteiger partial charge in [-0.2, -0.15) is 4.98 Å². The van der Waals surface area contributed by atoms with Crippen molar-refractivity contribution >= 4 is 22.8 Å². The highest BCUT2D eigenvalue weighted by Crippen LogP contribution is 2.25. The second-order valence-electron chi connectivity index (χ2n) is 7.26. The normalized spacial score (nSPS) is 11.2. The Bertz CT molecular complexity index is 1340. The molecule has 166 valence electrons. The van der Waals surface area contributed by atoms with Crippen LogP contribution in [-0.2, 0) is 19.6 Å². The summed E-state index contributed by atoms with van der Waals surface area (Å²) in [6.07, 6.45) is 0.295. The third-order valence-electron chi connectivity index (χ3n) is 5.14. The Balaban J connectivity index is 1.96. The first-order valence-corrected chi connectivity index (χ1v) is 10.7. The Morgan fingerprint density at radius 1 is 1.00 bits per heavy atom. The van der Waals surface area contributed by atoms with Crippen molar-refractivity contribution < 1.29 is 9.84 Å². The predicted octanol–water partition coefficient (Wildman–Crippen LogP) is 3.26. The fourth-order valence-corrected chi connectivity index (χ4v) is 3.70. The highest BCUT2D eigenvalue weighted by molar-refractivity contribution is 6.30. The second kappa shape index (κ2) is 9.42. The molecule has 1 N–H and O–H groups in total. The third-order valence-corrected chi connectivity index (χ3v) is 5.39. The zero-order valence-electron chi connectivity index (χ0n) is 17.6. The van der Waals surface area contributed by atoms with Crippen LogP contribution in [0.2, 0.25) is 5.02 Å². The first-order chi connectivity index (χ1) is 15.5. The highest BCUT2D eigenvalue weighted by atomic mass is 35.5. The number of aliphatic hydroxyl groups excluding tert-OH is 1. The standard InChI is InChI=1S/C23H23ClN4O4/c1-2-26-20-19(21(30)27(23(26)31)13-6-14-29)28(15-16-9-11-17(24)12-10-16)22(25-20)32-18-7-4-3-5-8-18/h3-5,7-12,29H,2,6,13-15H2,1H3. The predicted molar refractivity (Wildman–Crippen MR) is 123 cm³/mol. The van der Waals surface area contributed by atoms with Gasteiger partial charge in [-0.25, -0.2) is 4.79 Å². The van der Waals surface area contributed by atoms with Crippen LogP contribution in [0.1, 0.15) is 18.9 Å². The van der Waals surface area contributed by atoms with E-state index in [2.05, 4.69) is 4.98 Å². The van der Waals surface area contributed by atoms with E-state index in [0.29, 0.717) is 30.3 Å². The molecule has 8 nitrogen and oxygen atoms in total. The van der Waals surface area contributed by atoms with Crippen LogP contribution < -0.4 is 16.0 Å². The lowest BCUT2D eigenvalue weighted by molar-refractivity contribution is 0.277. The summed E-state index contributed by atoms with van der Waals surface area (Å²) in [4.78, 5) is 30.9. The summed E-state index contributed by atoms with van der Waals surface area (Å²) in [5.41, 5.74) is 0.503. The Labute approximate surface area is 188 Å². The molecule has 0 bridgehead atoms. The van der Waals surface area contributed by atoms with Gasteiger partial charge in [0.2, 0.25) is 0 Å². The van der Waals surface area contributed by atoms with E-state index in [4.69, 9.17) is 16.3 Å². The van der Waals surface area contributed by atoms with Crippen LogP contribution in [0.25, 0.3) is 11.2 Å². The monoisotopic (exact) mass is 454 g/mol. The minimum Gasteiger partial charge on any atom is -0.425 e. The second-order valence-corrected chi connectivity index (χ2v) is 7.69. The van der Waals surface area contributed by atoms with Crippen molar-refractivity contribution in [2.24, 2.45) is 0 Å². The lowest BCUT2D eigenvalue weighted by atomic mass is 10.2. The molecule has 2 aromatic carbocycles. The van der Waals surface area contributed by atoms with E-state index in [-0.39, 0.29) is 30.3 Å². The number of aryl methyl sites for hydroxylation is 1. The maximum Gasteiger partial charge on any atom is 0.332 e. The van der Waals surface area contributed by atoms with Gasteiger partial charge >= 0.3 is 11.7 Å². The average molecular weight is 455 g/mol. The number of nitrogens with zero attached hydrogens (tertiary/aromatic N) is 4. The number of ether oxygens (including phenoxy) is 1. The molecule has 2 heterocycles. The molecule has 4 rings (SSSR count). The van der Waals surface area contributed by atoms with Crippen LogP contribution in [0.4, 0.5) is 0 Å². The zero-order valence-corrected chi connectivity index (χ0v) is 18.3. The molecule has 0 aliphatic heterocycles. The van der Waals surface area contributed by atoms with Gasteiger partial charge in [-0.05, 0) is 43.2 Å². The number of benzene rings is 2. The van der Waals surface area contributed by atoms with Crippen molar-refractivity contribution in [3.8, 4) is 11.8 Å². The van der Waals surface area contributed by atoms with Crippen LogP contribution >= 0.6 is 11.6 Å². The number of rotatable bonds is 8. The molecule has 2 aromatic heterocycles. The molecule has 0 radical (unpaired) electrons. The summed E-state index contributed by atoms with van der Waals surface area (Å²) in [7, 11) is 0. The number of para-hydroxylation sites is 1. The third kappa shape index (κ3) is 4.19. The van der Waals surface area contributed by atoms with Crippen molar-refractivity contribution in [3.05, 3.63) is 86.0 Å². The van der Waals surface area contributed by atoms with Gasteiger partial charge < -0.3 is 9.84 Å². The largest absolute Gasteiger partial charge is 0.425 e. The molecule has 0 fully saturated rings. The van der Waals surface area contributed by atoms with Crippen molar-refractivity contribution in [1.82, 2.24) is 18.7 Å². The number of hydrogen-bond donors (Lipinski definition) is 1. The van der Waals surface area contributed by atoms with Crippen LogP contribution in [0.3, 0.4) is 0 Å². The molecule has 0 spiro atoms. The molecule has 4 aromatic rings. The van der Waals surface area contributed by atoms with Crippen molar-refractivity contribution in [2.45, 2.75) is 33.0 Å². The van der Waals surface area contributed by atoms with E-state index in [0.717, 1.165) is 10.1 Å². The maximum absolute atomic E-state index is 13.4. The number of aliphatic hydroxyl groups is 1. The van der Waals surface area contributed by atoms with Crippen molar-refractivity contribution in [3.63, 3.8) is 0 Å². The fourth-order valence-electron chi connectivity index (χ4n) is 3.57. The maximum atomic E-state index is 13.4. The Morgan fingerprint density at radius 2 is 1.72 bits per heavy atom. The molecule has 32 heavy (non-hydrogen) atoms. The molecular weight excluding hydrogens is 432 g/mol. The average Bonchev–Trinajstić information content (AvgIpc) is 3.14. The molecule has 0 amide bonds. The number of aromatic nitrogens is 4.